The molecule has 1 aliphatic rings. The number of hydrogen-bond acceptors (Lipinski definition) is 3. The Hall–Kier alpha value is -2.39. The van der Waals surface area contributed by atoms with Crippen LogP contribution in [0.2, 0.25) is 0 Å². The molecule has 23 heavy (non-hydrogen) atoms. The lowest BCUT2D eigenvalue weighted by molar-refractivity contribution is 0.425. The predicted octanol–water partition coefficient (Wildman–Crippen LogP) is 3.78. The van der Waals surface area contributed by atoms with E-state index in [4.69, 9.17) is 4.98 Å². The summed E-state index contributed by atoms with van der Waals surface area (Å²) in [7, 11) is 4.20. The molecule has 4 rings (SSSR count). The third kappa shape index (κ3) is 2.57. The van der Waals surface area contributed by atoms with Gasteiger partial charge in [-0.25, -0.2) is 0 Å². The first-order valence-corrected chi connectivity index (χ1v) is 8.12. The number of likely N-dealkylation sites (N-methyl/N-ethyl adjacent to an activating group) is 1. The smallest absolute Gasteiger partial charge is 0.0705 e. The number of anilines is 1. The van der Waals surface area contributed by atoms with Crippen LogP contribution in [0.4, 0.5) is 5.69 Å². The maximum absolute atomic E-state index is 4.88. The molecular formula is C20H21N3. The van der Waals surface area contributed by atoms with E-state index in [1.807, 2.05) is 0 Å². The van der Waals surface area contributed by atoms with Crippen LogP contribution in [0.15, 0.2) is 48.5 Å². The van der Waals surface area contributed by atoms with Crippen molar-refractivity contribution >= 4 is 16.6 Å². The number of benzene rings is 2. The average Bonchev–Trinajstić information content (AvgIpc) is 2.90. The molecule has 0 saturated carbocycles. The average molecular weight is 303 g/mol. The molecule has 0 unspecified atom stereocenters. The molecule has 2 aromatic carbocycles. The van der Waals surface area contributed by atoms with E-state index in [9.17, 15) is 0 Å². The summed E-state index contributed by atoms with van der Waals surface area (Å²) >= 11 is 0. The Bertz CT molecular complexity index is 868. The van der Waals surface area contributed by atoms with Gasteiger partial charge in [0.25, 0.3) is 0 Å². The molecule has 1 N–H and O–H groups in total. The van der Waals surface area contributed by atoms with Crippen molar-refractivity contribution in [1.82, 2.24) is 9.88 Å². The van der Waals surface area contributed by atoms with Crippen molar-refractivity contribution in [2.24, 2.45) is 0 Å². The fourth-order valence-corrected chi connectivity index (χ4v) is 3.31. The number of nitrogens with one attached hydrogen (secondary N) is 1. The van der Waals surface area contributed by atoms with E-state index >= 15 is 0 Å². The van der Waals surface area contributed by atoms with E-state index in [0.717, 1.165) is 25.0 Å². The SMILES string of the molecule is CN(C)CCNc1cccc2c1-c1cc3ccccc3nc1C2. The molecular weight excluding hydrogens is 282 g/mol. The fourth-order valence-electron chi connectivity index (χ4n) is 3.31. The van der Waals surface area contributed by atoms with E-state index in [0.29, 0.717) is 0 Å². The molecule has 0 atom stereocenters. The van der Waals surface area contributed by atoms with Gasteiger partial charge in [0.2, 0.25) is 0 Å². The van der Waals surface area contributed by atoms with Crippen LogP contribution < -0.4 is 5.32 Å². The molecule has 3 heteroatoms. The van der Waals surface area contributed by atoms with E-state index in [1.165, 1.54) is 33.5 Å². The Morgan fingerprint density at radius 1 is 1.09 bits per heavy atom. The quantitative estimate of drug-likeness (QED) is 0.622. The lowest BCUT2D eigenvalue weighted by Crippen LogP contribution is -2.21. The summed E-state index contributed by atoms with van der Waals surface area (Å²) in [4.78, 5) is 7.08. The summed E-state index contributed by atoms with van der Waals surface area (Å²) in [6.07, 6.45) is 0.929. The highest BCUT2D eigenvalue weighted by Crippen LogP contribution is 2.41. The van der Waals surface area contributed by atoms with Gasteiger partial charge in [0, 0.05) is 41.7 Å². The monoisotopic (exact) mass is 303 g/mol. The van der Waals surface area contributed by atoms with Crippen molar-refractivity contribution in [1.29, 1.82) is 0 Å². The number of para-hydroxylation sites is 1. The number of fused-ring (bicyclic) bond motifs is 4. The lowest BCUT2D eigenvalue weighted by atomic mass is 10.0. The molecule has 1 heterocycles. The summed E-state index contributed by atoms with van der Waals surface area (Å²) < 4.78 is 0. The molecule has 0 spiro atoms. The van der Waals surface area contributed by atoms with Gasteiger partial charge in [0.15, 0.2) is 0 Å². The second kappa shape index (κ2) is 5.67. The molecule has 1 aromatic heterocycles. The summed E-state index contributed by atoms with van der Waals surface area (Å²) in [5.74, 6) is 0. The minimum atomic E-state index is 0.929. The van der Waals surface area contributed by atoms with Gasteiger partial charge in [-0.05, 0) is 37.9 Å². The molecule has 1 aliphatic carbocycles. The van der Waals surface area contributed by atoms with Gasteiger partial charge < -0.3 is 10.2 Å². The van der Waals surface area contributed by atoms with Crippen LogP contribution in [0.25, 0.3) is 22.0 Å². The van der Waals surface area contributed by atoms with Gasteiger partial charge in [0.1, 0.15) is 0 Å². The van der Waals surface area contributed by atoms with Gasteiger partial charge in [-0.15, -0.1) is 0 Å². The molecule has 116 valence electrons. The molecule has 0 bridgehead atoms. The summed E-state index contributed by atoms with van der Waals surface area (Å²) in [6.45, 7) is 1.96. The van der Waals surface area contributed by atoms with Gasteiger partial charge in [-0.1, -0.05) is 30.3 Å². The number of rotatable bonds is 4. The minimum absolute atomic E-state index is 0.929. The Morgan fingerprint density at radius 2 is 1.96 bits per heavy atom. The van der Waals surface area contributed by atoms with Crippen molar-refractivity contribution in [2.45, 2.75) is 6.42 Å². The van der Waals surface area contributed by atoms with Crippen LogP contribution in [0.5, 0.6) is 0 Å². The van der Waals surface area contributed by atoms with Gasteiger partial charge >= 0.3 is 0 Å². The zero-order chi connectivity index (χ0) is 15.8. The number of pyridine rings is 1. The van der Waals surface area contributed by atoms with Crippen molar-refractivity contribution in [3.8, 4) is 11.1 Å². The maximum atomic E-state index is 4.88. The van der Waals surface area contributed by atoms with Gasteiger partial charge in [-0.3, -0.25) is 4.98 Å². The minimum Gasteiger partial charge on any atom is -0.383 e. The Labute approximate surface area is 137 Å². The maximum Gasteiger partial charge on any atom is 0.0705 e. The first-order chi connectivity index (χ1) is 11.2. The van der Waals surface area contributed by atoms with Gasteiger partial charge in [-0.2, -0.15) is 0 Å². The first kappa shape index (κ1) is 14.2. The van der Waals surface area contributed by atoms with E-state index < -0.39 is 0 Å². The summed E-state index contributed by atoms with van der Waals surface area (Å²) in [5.41, 5.74) is 7.49. The second-order valence-corrected chi connectivity index (χ2v) is 6.42. The molecule has 0 amide bonds. The molecule has 0 saturated heterocycles. The largest absolute Gasteiger partial charge is 0.383 e. The topological polar surface area (TPSA) is 28.2 Å². The van der Waals surface area contributed by atoms with E-state index in [1.54, 1.807) is 0 Å². The zero-order valence-corrected chi connectivity index (χ0v) is 13.6. The first-order valence-electron chi connectivity index (χ1n) is 8.12. The number of nitrogens with zero attached hydrogens (tertiary/aromatic N) is 2. The third-order valence-corrected chi connectivity index (χ3v) is 4.46. The van der Waals surface area contributed by atoms with Crippen LogP contribution in [-0.2, 0) is 6.42 Å². The molecule has 0 fully saturated rings. The molecule has 0 aliphatic heterocycles. The second-order valence-electron chi connectivity index (χ2n) is 6.42. The van der Waals surface area contributed by atoms with Crippen molar-refractivity contribution in [3.63, 3.8) is 0 Å². The van der Waals surface area contributed by atoms with Crippen LogP contribution >= 0.6 is 0 Å². The molecule has 0 radical (unpaired) electrons. The van der Waals surface area contributed by atoms with Crippen molar-refractivity contribution < 1.29 is 0 Å². The molecule has 3 nitrogen and oxygen atoms in total. The van der Waals surface area contributed by atoms with Crippen LogP contribution in [0, 0.1) is 0 Å². The van der Waals surface area contributed by atoms with E-state index in [2.05, 4.69) is 72.8 Å². The van der Waals surface area contributed by atoms with Crippen LogP contribution in [0.1, 0.15) is 11.3 Å². The molecule has 3 aromatic rings. The standard InChI is InChI=1S/C20H21N3/c1-23(2)11-10-21-18-9-5-7-15-13-19-16(20(15)18)12-14-6-3-4-8-17(14)22-19/h3-9,12,21H,10-11,13H2,1-2H3. The Balaban J connectivity index is 1.76. The Morgan fingerprint density at radius 3 is 2.83 bits per heavy atom. The predicted molar refractivity (Wildman–Crippen MR) is 97.0 cm³/mol. The highest BCUT2D eigenvalue weighted by Gasteiger charge is 2.23. The highest BCUT2D eigenvalue weighted by molar-refractivity contribution is 5.92. The fraction of sp³-hybridized carbons (Fsp3) is 0.250. The lowest BCUT2D eigenvalue weighted by Gasteiger charge is -2.15. The normalized spacial score (nSPS) is 12.5. The summed E-state index contributed by atoms with van der Waals surface area (Å²) in [6, 6.07) is 17.2. The third-order valence-electron chi connectivity index (χ3n) is 4.46. The number of aromatic nitrogens is 1. The summed E-state index contributed by atoms with van der Waals surface area (Å²) in [5, 5.41) is 4.81. The zero-order valence-electron chi connectivity index (χ0n) is 13.6. The van der Waals surface area contributed by atoms with Crippen LogP contribution in [0.3, 0.4) is 0 Å². The van der Waals surface area contributed by atoms with Crippen molar-refractivity contribution in [3.05, 3.63) is 59.8 Å². The highest BCUT2D eigenvalue weighted by atomic mass is 15.1. The van der Waals surface area contributed by atoms with Crippen LogP contribution in [-0.4, -0.2) is 37.1 Å². The van der Waals surface area contributed by atoms with Crippen molar-refractivity contribution in [2.75, 3.05) is 32.5 Å². The number of hydrogen-bond donors (Lipinski definition) is 1. The Kier molecular flexibility index (Phi) is 3.50. The van der Waals surface area contributed by atoms with E-state index in [-0.39, 0.29) is 0 Å². The van der Waals surface area contributed by atoms with Gasteiger partial charge in [0.05, 0.1) is 11.2 Å².